The molecule has 1 heteroatoms. The van der Waals surface area contributed by atoms with Crippen LogP contribution in [0.5, 0.6) is 0 Å². The maximum absolute atomic E-state index is 2.39. The molecule has 1 aromatic heterocycles. The van der Waals surface area contributed by atoms with Gasteiger partial charge in [0.2, 0.25) is 0 Å². The Morgan fingerprint density at radius 3 is 2.75 bits per heavy atom. The van der Waals surface area contributed by atoms with Crippen molar-refractivity contribution < 1.29 is 0 Å². The number of hydrogen-bond donors (Lipinski definition) is 0. The normalized spacial score (nSPS) is 21.4. The highest BCUT2D eigenvalue weighted by atomic mass is 32.1. The van der Waals surface area contributed by atoms with Gasteiger partial charge in [0.05, 0.1) is 0 Å². The molecule has 1 fully saturated rings. The molecule has 1 aliphatic carbocycles. The fourth-order valence-corrected chi connectivity index (χ4v) is 3.03. The van der Waals surface area contributed by atoms with Crippen LogP contribution in [0.15, 0.2) is 16.8 Å². The van der Waals surface area contributed by atoms with Crippen LogP contribution in [0.1, 0.15) is 44.1 Å². The molecule has 0 saturated heterocycles. The Bertz CT molecular complexity index is 219. The zero-order valence-corrected chi connectivity index (χ0v) is 8.44. The van der Waals surface area contributed by atoms with E-state index in [4.69, 9.17) is 0 Å². The summed E-state index contributed by atoms with van der Waals surface area (Å²) >= 11 is 1.83. The summed E-state index contributed by atoms with van der Waals surface area (Å²) in [6.07, 6.45) is 5.83. The van der Waals surface area contributed by atoms with E-state index in [1.807, 2.05) is 11.3 Å². The van der Waals surface area contributed by atoms with E-state index < -0.39 is 0 Å². The predicted octanol–water partition coefficient (Wildman–Crippen LogP) is 4.04. The van der Waals surface area contributed by atoms with Gasteiger partial charge < -0.3 is 0 Å². The summed E-state index contributed by atoms with van der Waals surface area (Å²) in [5.41, 5.74) is 1.56. The maximum Gasteiger partial charge on any atom is -0.00584 e. The highest BCUT2D eigenvalue weighted by molar-refractivity contribution is 7.07. The van der Waals surface area contributed by atoms with Crippen molar-refractivity contribution in [1.29, 1.82) is 0 Å². The van der Waals surface area contributed by atoms with Crippen LogP contribution < -0.4 is 0 Å². The second-order valence-electron chi connectivity index (χ2n) is 3.89. The zero-order valence-electron chi connectivity index (χ0n) is 7.62. The van der Waals surface area contributed by atoms with E-state index in [-0.39, 0.29) is 0 Å². The Balaban J connectivity index is 2.04. The van der Waals surface area contributed by atoms with Gasteiger partial charge in [-0.3, -0.25) is 0 Å². The minimum absolute atomic E-state index is 0.804. The minimum atomic E-state index is 0.804. The Labute approximate surface area is 78.6 Å². The van der Waals surface area contributed by atoms with Gasteiger partial charge in [-0.25, -0.2) is 0 Å². The van der Waals surface area contributed by atoms with Gasteiger partial charge in [0.1, 0.15) is 0 Å². The topological polar surface area (TPSA) is 0 Å². The van der Waals surface area contributed by atoms with Crippen LogP contribution in [0.25, 0.3) is 0 Å². The van der Waals surface area contributed by atoms with E-state index in [2.05, 4.69) is 23.8 Å². The molecule has 0 spiro atoms. The highest BCUT2D eigenvalue weighted by Gasteiger charge is 2.22. The van der Waals surface area contributed by atoms with Crippen molar-refractivity contribution in [2.24, 2.45) is 5.92 Å². The minimum Gasteiger partial charge on any atom is -0.152 e. The third-order valence-corrected chi connectivity index (χ3v) is 3.88. The van der Waals surface area contributed by atoms with Crippen molar-refractivity contribution in [2.75, 3.05) is 0 Å². The smallest absolute Gasteiger partial charge is 0.00584 e. The molecule has 0 aromatic carbocycles. The SMILES string of the molecule is CC(c1ccsc1)C1CCCC1. The van der Waals surface area contributed by atoms with Crippen LogP contribution >= 0.6 is 11.3 Å². The summed E-state index contributed by atoms with van der Waals surface area (Å²) in [6.45, 7) is 2.39. The molecule has 0 nitrogen and oxygen atoms in total. The average molecular weight is 180 g/mol. The molecule has 1 aromatic rings. The number of rotatable bonds is 2. The van der Waals surface area contributed by atoms with Crippen molar-refractivity contribution in [2.45, 2.75) is 38.5 Å². The van der Waals surface area contributed by atoms with E-state index in [0.29, 0.717) is 0 Å². The fraction of sp³-hybridized carbons (Fsp3) is 0.636. The first kappa shape index (κ1) is 8.31. The van der Waals surface area contributed by atoms with E-state index >= 15 is 0 Å². The second-order valence-corrected chi connectivity index (χ2v) is 4.67. The van der Waals surface area contributed by atoms with E-state index in [9.17, 15) is 0 Å². The Morgan fingerprint density at radius 2 is 2.17 bits per heavy atom. The largest absolute Gasteiger partial charge is 0.152 e. The van der Waals surface area contributed by atoms with Gasteiger partial charge in [0.15, 0.2) is 0 Å². The molecule has 0 aliphatic heterocycles. The second kappa shape index (κ2) is 3.61. The van der Waals surface area contributed by atoms with Gasteiger partial charge in [0, 0.05) is 0 Å². The van der Waals surface area contributed by atoms with Crippen LogP contribution in [0.2, 0.25) is 0 Å². The molecule has 0 radical (unpaired) electrons. The van der Waals surface area contributed by atoms with Crippen LogP contribution in [0.3, 0.4) is 0 Å². The quantitative estimate of drug-likeness (QED) is 0.644. The molecule has 0 amide bonds. The van der Waals surface area contributed by atoms with E-state index in [0.717, 1.165) is 11.8 Å². The molecule has 1 atom stereocenters. The van der Waals surface area contributed by atoms with Crippen LogP contribution in [-0.4, -0.2) is 0 Å². The van der Waals surface area contributed by atoms with Crippen LogP contribution in [0, 0.1) is 5.92 Å². The van der Waals surface area contributed by atoms with Crippen molar-refractivity contribution in [3.63, 3.8) is 0 Å². The molecule has 2 rings (SSSR count). The van der Waals surface area contributed by atoms with E-state index in [1.165, 1.54) is 25.7 Å². The van der Waals surface area contributed by atoms with Crippen LogP contribution in [0.4, 0.5) is 0 Å². The number of thiophene rings is 1. The first-order chi connectivity index (χ1) is 5.88. The summed E-state index contributed by atoms with van der Waals surface area (Å²) in [4.78, 5) is 0. The van der Waals surface area contributed by atoms with Gasteiger partial charge in [-0.1, -0.05) is 19.8 Å². The maximum atomic E-state index is 2.39. The lowest BCUT2D eigenvalue weighted by Crippen LogP contribution is -2.04. The lowest BCUT2D eigenvalue weighted by Gasteiger charge is -2.17. The molecule has 1 heterocycles. The summed E-state index contributed by atoms with van der Waals surface area (Å²) in [6, 6.07) is 2.29. The monoisotopic (exact) mass is 180 g/mol. The summed E-state index contributed by atoms with van der Waals surface area (Å²) < 4.78 is 0. The van der Waals surface area contributed by atoms with Crippen LogP contribution in [-0.2, 0) is 0 Å². The number of hydrogen-bond acceptors (Lipinski definition) is 1. The zero-order chi connectivity index (χ0) is 8.39. The Hall–Kier alpha value is -0.300. The molecule has 12 heavy (non-hydrogen) atoms. The van der Waals surface area contributed by atoms with Gasteiger partial charge in [0.25, 0.3) is 0 Å². The third-order valence-electron chi connectivity index (χ3n) is 3.18. The lowest BCUT2D eigenvalue weighted by molar-refractivity contribution is 0.462. The molecular formula is C11H16S. The first-order valence-electron chi connectivity index (χ1n) is 4.90. The van der Waals surface area contributed by atoms with E-state index in [1.54, 1.807) is 5.56 Å². The van der Waals surface area contributed by atoms with Gasteiger partial charge in [-0.05, 0) is 47.1 Å². The molecule has 0 N–H and O–H groups in total. The molecule has 1 saturated carbocycles. The summed E-state index contributed by atoms with van der Waals surface area (Å²) in [5, 5.41) is 4.50. The van der Waals surface area contributed by atoms with Gasteiger partial charge in [-0.15, -0.1) is 0 Å². The highest BCUT2D eigenvalue weighted by Crippen LogP contribution is 2.37. The van der Waals surface area contributed by atoms with Gasteiger partial charge in [-0.2, -0.15) is 11.3 Å². The first-order valence-corrected chi connectivity index (χ1v) is 5.84. The van der Waals surface area contributed by atoms with Crippen molar-refractivity contribution in [3.05, 3.63) is 22.4 Å². The summed E-state index contributed by atoms with van der Waals surface area (Å²) in [7, 11) is 0. The molecule has 0 bridgehead atoms. The Morgan fingerprint density at radius 1 is 1.42 bits per heavy atom. The average Bonchev–Trinajstić information content (AvgIpc) is 2.77. The van der Waals surface area contributed by atoms with Crippen molar-refractivity contribution in [1.82, 2.24) is 0 Å². The van der Waals surface area contributed by atoms with Gasteiger partial charge >= 0.3 is 0 Å². The lowest BCUT2D eigenvalue weighted by atomic mass is 9.88. The standard InChI is InChI=1S/C11H16S/c1-9(10-4-2-3-5-10)11-6-7-12-8-11/h6-10H,2-5H2,1H3. The van der Waals surface area contributed by atoms with Crippen molar-refractivity contribution in [3.8, 4) is 0 Å². The molecule has 1 aliphatic rings. The predicted molar refractivity (Wildman–Crippen MR) is 54.7 cm³/mol. The molecule has 66 valence electrons. The Kier molecular flexibility index (Phi) is 2.50. The molecular weight excluding hydrogens is 164 g/mol. The molecule has 1 unspecified atom stereocenters. The summed E-state index contributed by atoms with van der Waals surface area (Å²) in [5.74, 6) is 1.78. The third kappa shape index (κ3) is 1.56. The fourth-order valence-electron chi connectivity index (χ4n) is 2.26. The van der Waals surface area contributed by atoms with Crippen molar-refractivity contribution >= 4 is 11.3 Å².